The van der Waals surface area contributed by atoms with Gasteiger partial charge in [0.2, 0.25) is 7.09 Å². The van der Waals surface area contributed by atoms with Gasteiger partial charge < -0.3 is 18.8 Å². The highest BCUT2D eigenvalue weighted by atomic mass is 32.2. The Balaban J connectivity index is 1.97. The normalized spacial score (nSPS) is 38.5. The summed E-state index contributed by atoms with van der Waals surface area (Å²) >= 11 is 0.953. The Bertz CT molecular complexity index is 299. The van der Waals surface area contributed by atoms with E-state index in [1.807, 2.05) is 13.8 Å². The van der Waals surface area contributed by atoms with Gasteiger partial charge in [-0.1, -0.05) is 11.9 Å². The summed E-state index contributed by atoms with van der Waals surface area (Å²) in [5, 5.41) is 9.77. The number of aliphatic hydroxyl groups excluding tert-OH is 1. The van der Waals surface area contributed by atoms with Crippen LogP contribution in [-0.4, -0.2) is 44.2 Å². The first-order valence-corrected chi connectivity index (χ1v) is 5.56. The van der Waals surface area contributed by atoms with Crippen molar-refractivity contribution in [2.45, 2.75) is 37.9 Å². The summed E-state index contributed by atoms with van der Waals surface area (Å²) in [4.78, 5) is 0. The topological polar surface area (TPSA) is 47.9 Å². The van der Waals surface area contributed by atoms with Gasteiger partial charge in [-0.3, -0.25) is 0 Å². The molecule has 3 atom stereocenters. The SMILES string of the molecule is [3H][B]SOCC1=C[C@@H](O)C2OC(C)(C)O[C@H]12. The van der Waals surface area contributed by atoms with E-state index in [1.165, 1.54) is 0 Å². The first-order chi connectivity index (χ1) is 7.53. The molecule has 0 spiro atoms. The van der Waals surface area contributed by atoms with E-state index in [-0.39, 0.29) is 12.2 Å². The number of hydrogen-bond donors (Lipinski definition) is 1. The molecule has 0 amide bonds. The zero-order valence-electron chi connectivity index (χ0n) is 9.67. The van der Waals surface area contributed by atoms with Crippen molar-refractivity contribution in [1.29, 1.82) is 1.34 Å². The fraction of sp³-hybridized carbons (Fsp3) is 0.778. The van der Waals surface area contributed by atoms with Gasteiger partial charge in [0.25, 0.3) is 0 Å². The molecular weight excluding hydrogens is 215 g/mol. The summed E-state index contributed by atoms with van der Waals surface area (Å²) in [5.41, 5.74) is 0.873. The smallest absolute Gasteiger partial charge is 0.209 e. The molecular formula is C9H14BO4S. The van der Waals surface area contributed by atoms with E-state index in [1.54, 1.807) is 6.08 Å². The highest BCUT2D eigenvalue weighted by Crippen LogP contribution is 2.38. The third-order valence-electron chi connectivity index (χ3n) is 2.51. The Hall–Kier alpha value is -0.00506. The molecule has 0 aromatic carbocycles. The molecule has 1 aliphatic carbocycles. The minimum absolute atomic E-state index is 0.240. The van der Waals surface area contributed by atoms with E-state index in [0.29, 0.717) is 6.61 Å². The third kappa shape index (κ3) is 2.24. The van der Waals surface area contributed by atoms with Crippen LogP contribution < -0.4 is 0 Å². The van der Waals surface area contributed by atoms with Gasteiger partial charge in [-0.15, -0.1) is 0 Å². The van der Waals surface area contributed by atoms with Crippen molar-refractivity contribution in [3.8, 4) is 0 Å². The van der Waals surface area contributed by atoms with Crippen LogP contribution in [0.5, 0.6) is 0 Å². The molecule has 83 valence electrons. The predicted octanol–water partition coefficient (Wildman–Crippen LogP) is 0.288. The van der Waals surface area contributed by atoms with Crippen LogP contribution in [0, 0.1) is 0 Å². The zero-order valence-corrected chi connectivity index (χ0v) is 9.49. The molecule has 0 bridgehead atoms. The lowest BCUT2D eigenvalue weighted by atomic mass is 10.1. The van der Waals surface area contributed by atoms with E-state index < -0.39 is 11.9 Å². The van der Waals surface area contributed by atoms with Crippen molar-refractivity contribution in [1.82, 2.24) is 0 Å². The minimum atomic E-state index is -0.662. The zero-order chi connectivity index (χ0) is 11.8. The van der Waals surface area contributed by atoms with Crippen LogP contribution >= 0.6 is 11.9 Å². The maximum absolute atomic E-state index is 9.77. The Morgan fingerprint density at radius 1 is 1.73 bits per heavy atom. The summed E-state index contributed by atoms with van der Waals surface area (Å²) in [6.45, 7) is 3.98. The van der Waals surface area contributed by atoms with Crippen LogP contribution in [0.2, 0.25) is 0 Å². The van der Waals surface area contributed by atoms with Gasteiger partial charge in [0.05, 0.1) is 6.61 Å². The molecule has 1 N–H and O–H groups in total. The Morgan fingerprint density at radius 2 is 2.53 bits per heavy atom. The van der Waals surface area contributed by atoms with Gasteiger partial charge in [-0.25, -0.2) is 0 Å². The lowest BCUT2D eigenvalue weighted by Crippen LogP contribution is -2.29. The van der Waals surface area contributed by atoms with Crippen molar-refractivity contribution >= 4 is 19.0 Å². The Morgan fingerprint density at radius 3 is 3.27 bits per heavy atom. The quantitative estimate of drug-likeness (QED) is 0.326. The summed E-state index contributed by atoms with van der Waals surface area (Å²) < 4.78 is 23.2. The molecule has 1 aliphatic heterocycles. The summed E-state index contributed by atoms with van der Waals surface area (Å²) in [5.74, 6) is -0.662. The molecule has 1 radical (unpaired) electrons. The van der Waals surface area contributed by atoms with Gasteiger partial charge in [-0.2, -0.15) is 0 Å². The molecule has 1 heterocycles. The average Bonchev–Trinajstić information content (AvgIpc) is 2.64. The summed E-state index contributed by atoms with van der Waals surface area (Å²) in [6.07, 6.45) is 0.486. The molecule has 1 saturated heterocycles. The lowest BCUT2D eigenvalue weighted by Gasteiger charge is -2.18. The van der Waals surface area contributed by atoms with E-state index in [9.17, 15) is 5.11 Å². The molecule has 0 saturated carbocycles. The van der Waals surface area contributed by atoms with Gasteiger partial charge in [0.15, 0.2) is 5.79 Å². The molecule has 1 fully saturated rings. The van der Waals surface area contributed by atoms with Crippen LogP contribution in [0.4, 0.5) is 0 Å². The molecule has 6 heteroatoms. The molecule has 1 unspecified atom stereocenters. The van der Waals surface area contributed by atoms with Gasteiger partial charge in [0, 0.05) is 0 Å². The van der Waals surface area contributed by atoms with Gasteiger partial charge in [-0.05, 0) is 26.8 Å². The number of rotatable bonds is 4. The van der Waals surface area contributed by atoms with Crippen LogP contribution in [0.25, 0.3) is 0 Å². The molecule has 2 aliphatic rings. The van der Waals surface area contributed by atoms with Gasteiger partial charge >= 0.3 is 0 Å². The van der Waals surface area contributed by atoms with Crippen molar-refractivity contribution in [2.75, 3.05) is 6.61 Å². The number of ether oxygens (including phenoxy) is 2. The first-order valence-electron chi connectivity index (χ1n) is 5.34. The standard InChI is InChI=1S/C9H14BO4S/c1-9(2)13-7-5(4-12-15-10)3-6(11)8(7)14-9/h3,6-8,10-11H,4H2,1-2H3/t6-,7-,8?/m1/s1/i10T. The second kappa shape index (κ2) is 4.10. The predicted molar refractivity (Wildman–Crippen MR) is 58.6 cm³/mol. The number of fused-ring (bicyclic) bond motifs is 1. The monoisotopic (exact) mass is 231 g/mol. The van der Waals surface area contributed by atoms with E-state index in [0.717, 1.165) is 24.6 Å². The van der Waals surface area contributed by atoms with Crippen molar-refractivity contribution in [3.63, 3.8) is 0 Å². The fourth-order valence-corrected chi connectivity index (χ4v) is 2.17. The number of hydrogen-bond acceptors (Lipinski definition) is 5. The van der Waals surface area contributed by atoms with Crippen molar-refractivity contribution < 1.29 is 18.8 Å². The molecule has 4 nitrogen and oxygen atoms in total. The Labute approximate surface area is 95.8 Å². The Kier molecular flexibility index (Phi) is 2.78. The van der Waals surface area contributed by atoms with Crippen LogP contribution in [0.15, 0.2) is 11.6 Å². The van der Waals surface area contributed by atoms with E-state index in [4.69, 9.17) is 15.0 Å². The highest BCUT2D eigenvalue weighted by Gasteiger charge is 2.49. The highest BCUT2D eigenvalue weighted by molar-refractivity contribution is 8.15. The maximum Gasteiger partial charge on any atom is 0.209 e. The second-order valence-electron chi connectivity index (χ2n) is 4.11. The molecule has 0 aromatic rings. The van der Waals surface area contributed by atoms with E-state index >= 15 is 0 Å². The molecule has 0 aromatic heterocycles. The second-order valence-corrected chi connectivity index (χ2v) is 4.54. The van der Waals surface area contributed by atoms with Crippen LogP contribution in [0.1, 0.15) is 13.8 Å². The van der Waals surface area contributed by atoms with Crippen LogP contribution in [-0.2, 0) is 13.7 Å². The van der Waals surface area contributed by atoms with Gasteiger partial charge in [0.1, 0.15) is 18.3 Å². The average molecular weight is 231 g/mol. The molecule has 15 heavy (non-hydrogen) atoms. The maximum atomic E-state index is 9.77. The van der Waals surface area contributed by atoms with E-state index in [2.05, 4.69) is 0 Å². The molecule has 2 rings (SSSR count). The largest absolute Gasteiger partial charge is 0.386 e. The van der Waals surface area contributed by atoms with Crippen molar-refractivity contribution in [2.24, 2.45) is 0 Å². The fourth-order valence-electron chi connectivity index (χ4n) is 1.97. The van der Waals surface area contributed by atoms with Crippen LogP contribution in [0.3, 0.4) is 0 Å². The summed E-state index contributed by atoms with van der Waals surface area (Å²) in [6, 6.07) is 0. The first kappa shape index (κ1) is 10.2. The van der Waals surface area contributed by atoms with Crippen molar-refractivity contribution in [3.05, 3.63) is 11.6 Å². The minimum Gasteiger partial charge on any atom is -0.386 e. The lowest BCUT2D eigenvalue weighted by molar-refractivity contribution is -0.153. The number of aliphatic hydroxyl groups is 1. The summed E-state index contributed by atoms with van der Waals surface area (Å²) in [7, 11) is 1.11. The third-order valence-corrected chi connectivity index (χ3v) is 2.76.